The van der Waals surface area contributed by atoms with Crippen LogP contribution in [0.25, 0.3) is 0 Å². The van der Waals surface area contributed by atoms with Crippen molar-refractivity contribution >= 4 is 23.2 Å². The summed E-state index contributed by atoms with van der Waals surface area (Å²) in [6.07, 6.45) is 3.67. The van der Waals surface area contributed by atoms with E-state index in [9.17, 15) is 9.59 Å². The zero-order chi connectivity index (χ0) is 16.4. The van der Waals surface area contributed by atoms with Gasteiger partial charge in [0.1, 0.15) is 0 Å². The molecular weight excluding hydrogens is 310 g/mol. The summed E-state index contributed by atoms with van der Waals surface area (Å²) in [4.78, 5) is 31.5. The highest BCUT2D eigenvalue weighted by atomic mass is 32.1. The van der Waals surface area contributed by atoms with E-state index in [1.165, 1.54) is 0 Å². The number of nitrogens with zero attached hydrogens (tertiary/aromatic N) is 2. The lowest BCUT2D eigenvalue weighted by Crippen LogP contribution is -2.35. The van der Waals surface area contributed by atoms with Crippen molar-refractivity contribution in [3.05, 3.63) is 52.5 Å². The molecule has 0 radical (unpaired) electrons. The third-order valence-electron chi connectivity index (χ3n) is 4.32. The zero-order valence-electron chi connectivity index (χ0n) is 13.1. The maximum Gasteiger partial charge on any atom is 0.226 e. The highest BCUT2D eigenvalue weighted by molar-refractivity contribution is 7.10. The predicted molar refractivity (Wildman–Crippen MR) is 88.7 cm³/mol. The first-order valence-electron chi connectivity index (χ1n) is 7.57. The van der Waals surface area contributed by atoms with Gasteiger partial charge in [0.05, 0.1) is 18.0 Å². The second kappa shape index (κ2) is 6.50. The van der Waals surface area contributed by atoms with E-state index in [1.54, 1.807) is 35.7 Å². The van der Waals surface area contributed by atoms with Crippen LogP contribution in [0.2, 0.25) is 0 Å². The molecule has 1 fully saturated rings. The van der Waals surface area contributed by atoms with Gasteiger partial charge in [0.25, 0.3) is 0 Å². The van der Waals surface area contributed by atoms with Crippen molar-refractivity contribution in [1.29, 1.82) is 0 Å². The van der Waals surface area contributed by atoms with Crippen LogP contribution in [-0.4, -0.2) is 28.7 Å². The topological polar surface area (TPSA) is 62.3 Å². The molecule has 2 amide bonds. The summed E-state index contributed by atoms with van der Waals surface area (Å²) in [5, 5.41) is 5.00. The fourth-order valence-corrected chi connectivity index (χ4v) is 3.94. The SMILES string of the molecule is CC(NC(=O)C1CC(=O)N(C)C1c1cccs1)c1ccncc1. The lowest BCUT2D eigenvalue weighted by molar-refractivity contribution is -0.128. The molecule has 0 aromatic carbocycles. The minimum atomic E-state index is -0.351. The first-order chi connectivity index (χ1) is 11.1. The first kappa shape index (κ1) is 15.7. The third-order valence-corrected chi connectivity index (χ3v) is 5.27. The standard InChI is InChI=1S/C17H19N3O2S/c1-11(12-5-7-18-8-6-12)19-17(22)13-10-15(21)20(2)16(13)14-4-3-9-23-14/h3-9,11,13,16H,10H2,1-2H3,(H,19,22). The maximum absolute atomic E-state index is 12.7. The van der Waals surface area contributed by atoms with Gasteiger partial charge in [0.15, 0.2) is 0 Å². The van der Waals surface area contributed by atoms with Gasteiger partial charge >= 0.3 is 0 Å². The van der Waals surface area contributed by atoms with Crippen LogP contribution >= 0.6 is 11.3 Å². The quantitative estimate of drug-likeness (QED) is 0.937. The van der Waals surface area contributed by atoms with Gasteiger partial charge in [-0.25, -0.2) is 0 Å². The van der Waals surface area contributed by atoms with E-state index in [0.29, 0.717) is 0 Å². The molecule has 3 unspecified atom stereocenters. The molecule has 0 saturated carbocycles. The Morgan fingerprint density at radius 3 is 2.78 bits per heavy atom. The van der Waals surface area contributed by atoms with E-state index in [4.69, 9.17) is 0 Å². The van der Waals surface area contributed by atoms with Crippen LogP contribution < -0.4 is 5.32 Å². The fraction of sp³-hybridized carbons (Fsp3) is 0.353. The molecule has 0 aliphatic carbocycles. The Labute approximate surface area is 139 Å². The smallest absolute Gasteiger partial charge is 0.226 e. The van der Waals surface area contributed by atoms with Crippen molar-refractivity contribution in [1.82, 2.24) is 15.2 Å². The number of hydrogen-bond donors (Lipinski definition) is 1. The summed E-state index contributed by atoms with van der Waals surface area (Å²) in [6.45, 7) is 1.94. The number of rotatable bonds is 4. The number of pyridine rings is 1. The van der Waals surface area contributed by atoms with Crippen molar-refractivity contribution in [3.63, 3.8) is 0 Å². The van der Waals surface area contributed by atoms with Crippen LogP contribution in [0.15, 0.2) is 42.0 Å². The summed E-state index contributed by atoms with van der Waals surface area (Å²) in [6, 6.07) is 7.41. The number of hydrogen-bond acceptors (Lipinski definition) is 4. The molecule has 5 nitrogen and oxygen atoms in total. The monoisotopic (exact) mass is 329 g/mol. The van der Waals surface area contributed by atoms with Gasteiger partial charge in [-0.3, -0.25) is 14.6 Å². The molecule has 2 aromatic rings. The molecule has 1 saturated heterocycles. The van der Waals surface area contributed by atoms with Crippen molar-refractivity contribution in [2.24, 2.45) is 5.92 Å². The Bertz CT molecular complexity index is 687. The predicted octanol–water partition coefficient (Wildman–Crippen LogP) is 2.54. The minimum absolute atomic E-state index is 0.0140. The summed E-state index contributed by atoms with van der Waals surface area (Å²) >= 11 is 1.58. The van der Waals surface area contributed by atoms with E-state index in [1.807, 2.05) is 36.6 Å². The largest absolute Gasteiger partial charge is 0.349 e. The number of carbonyl (C=O) groups is 2. The Morgan fingerprint density at radius 2 is 2.13 bits per heavy atom. The Morgan fingerprint density at radius 1 is 1.39 bits per heavy atom. The minimum Gasteiger partial charge on any atom is -0.349 e. The van der Waals surface area contributed by atoms with Crippen LogP contribution in [0, 0.1) is 5.92 Å². The number of thiophene rings is 1. The van der Waals surface area contributed by atoms with E-state index in [0.717, 1.165) is 10.4 Å². The lowest BCUT2D eigenvalue weighted by atomic mass is 9.97. The summed E-state index contributed by atoms with van der Waals surface area (Å²) < 4.78 is 0. The van der Waals surface area contributed by atoms with Gasteiger partial charge < -0.3 is 10.2 Å². The van der Waals surface area contributed by atoms with E-state index < -0.39 is 0 Å². The summed E-state index contributed by atoms with van der Waals surface area (Å²) in [5.41, 5.74) is 0.999. The van der Waals surface area contributed by atoms with Gasteiger partial charge in [0.2, 0.25) is 11.8 Å². The fourth-order valence-electron chi connectivity index (χ4n) is 3.01. The molecule has 120 valence electrons. The number of aromatic nitrogens is 1. The number of likely N-dealkylation sites (tertiary alicyclic amines) is 1. The molecule has 2 aromatic heterocycles. The van der Waals surface area contributed by atoms with Crippen LogP contribution in [0.3, 0.4) is 0 Å². The molecule has 3 heterocycles. The zero-order valence-corrected chi connectivity index (χ0v) is 13.9. The first-order valence-corrected chi connectivity index (χ1v) is 8.45. The van der Waals surface area contributed by atoms with E-state index in [2.05, 4.69) is 10.3 Å². The van der Waals surface area contributed by atoms with Crippen molar-refractivity contribution in [3.8, 4) is 0 Å². The van der Waals surface area contributed by atoms with Gasteiger partial charge in [0, 0.05) is 30.7 Å². The van der Waals surface area contributed by atoms with Gasteiger partial charge in [-0.05, 0) is 36.1 Å². The van der Waals surface area contributed by atoms with Crippen molar-refractivity contribution in [2.45, 2.75) is 25.4 Å². The van der Waals surface area contributed by atoms with Crippen LogP contribution in [0.5, 0.6) is 0 Å². The number of amides is 2. The molecule has 0 bridgehead atoms. The number of nitrogens with one attached hydrogen (secondary N) is 1. The summed E-state index contributed by atoms with van der Waals surface area (Å²) in [5.74, 6) is -0.416. The highest BCUT2D eigenvalue weighted by Crippen LogP contribution is 2.39. The number of carbonyl (C=O) groups excluding carboxylic acids is 2. The second-order valence-electron chi connectivity index (χ2n) is 5.79. The lowest BCUT2D eigenvalue weighted by Gasteiger charge is -2.24. The third kappa shape index (κ3) is 3.12. The Kier molecular flexibility index (Phi) is 4.43. The average molecular weight is 329 g/mol. The van der Waals surface area contributed by atoms with Gasteiger partial charge in [-0.2, -0.15) is 0 Å². The van der Waals surface area contributed by atoms with Crippen LogP contribution in [-0.2, 0) is 9.59 Å². The summed E-state index contributed by atoms with van der Waals surface area (Å²) in [7, 11) is 1.77. The van der Waals surface area contributed by atoms with E-state index in [-0.39, 0.29) is 36.2 Å². The Hall–Kier alpha value is -2.21. The average Bonchev–Trinajstić information content (AvgIpc) is 3.17. The molecule has 0 spiro atoms. The van der Waals surface area contributed by atoms with Crippen LogP contribution in [0.4, 0.5) is 0 Å². The molecule has 1 aliphatic rings. The van der Waals surface area contributed by atoms with Gasteiger partial charge in [-0.1, -0.05) is 6.07 Å². The van der Waals surface area contributed by atoms with Crippen LogP contribution in [0.1, 0.15) is 35.9 Å². The highest BCUT2D eigenvalue weighted by Gasteiger charge is 2.43. The molecule has 3 atom stereocenters. The van der Waals surface area contributed by atoms with Crippen molar-refractivity contribution in [2.75, 3.05) is 7.05 Å². The Balaban J connectivity index is 1.77. The normalized spacial score (nSPS) is 22.2. The molecule has 6 heteroatoms. The van der Waals surface area contributed by atoms with Crippen molar-refractivity contribution < 1.29 is 9.59 Å². The van der Waals surface area contributed by atoms with E-state index >= 15 is 0 Å². The molecule has 23 heavy (non-hydrogen) atoms. The van der Waals surface area contributed by atoms with Gasteiger partial charge in [-0.15, -0.1) is 11.3 Å². The molecule has 3 rings (SSSR count). The molecule has 1 N–H and O–H groups in total. The maximum atomic E-state index is 12.7. The second-order valence-corrected chi connectivity index (χ2v) is 6.77. The molecular formula is C17H19N3O2S. The molecule has 1 aliphatic heterocycles.